The Morgan fingerprint density at radius 1 is 1.29 bits per heavy atom. The summed E-state index contributed by atoms with van der Waals surface area (Å²) in [6.45, 7) is 2.47. The number of nitrogens with zero attached hydrogens (tertiary/aromatic N) is 1. The molecule has 132 valence electrons. The number of anilines is 1. The molecule has 0 radical (unpaired) electrons. The second-order valence-electron chi connectivity index (χ2n) is 6.25. The number of hydrogen-bond donors (Lipinski definition) is 2. The van der Waals surface area contributed by atoms with E-state index in [9.17, 15) is 12.8 Å². The Bertz CT molecular complexity index is 799. The molecule has 1 heterocycles. The van der Waals surface area contributed by atoms with E-state index in [0.717, 1.165) is 47.6 Å². The van der Waals surface area contributed by atoms with E-state index in [-0.39, 0.29) is 17.6 Å². The van der Waals surface area contributed by atoms with Gasteiger partial charge in [-0.05, 0) is 56.7 Å². The lowest BCUT2D eigenvalue weighted by Crippen LogP contribution is -2.39. The summed E-state index contributed by atoms with van der Waals surface area (Å²) in [6, 6.07) is 4.68. The quantitative estimate of drug-likeness (QED) is 0.817. The molecule has 2 aromatic rings. The molecule has 0 unspecified atom stereocenters. The topological polar surface area (TPSA) is 71.1 Å². The summed E-state index contributed by atoms with van der Waals surface area (Å²) < 4.78 is 40.0. The van der Waals surface area contributed by atoms with Gasteiger partial charge in [0.15, 0.2) is 5.13 Å². The van der Waals surface area contributed by atoms with Crippen molar-refractivity contribution in [2.24, 2.45) is 5.92 Å². The first kappa shape index (κ1) is 17.6. The standard InChI is InChI=1S/C16H22FN3O2S2/c1-2-24(21,22)20-13-6-3-11(4-7-13)10-18-16-19-14-8-5-12(17)9-15(14)23-16/h5,8-9,11,13,20H,2-4,6-7,10H2,1H3,(H,18,19). The molecule has 0 amide bonds. The Balaban J connectivity index is 1.49. The highest BCUT2D eigenvalue weighted by Crippen LogP contribution is 2.29. The van der Waals surface area contributed by atoms with Gasteiger partial charge in [-0.15, -0.1) is 0 Å². The van der Waals surface area contributed by atoms with Crippen LogP contribution >= 0.6 is 11.3 Å². The highest BCUT2D eigenvalue weighted by atomic mass is 32.2. The van der Waals surface area contributed by atoms with E-state index in [1.54, 1.807) is 13.0 Å². The fourth-order valence-corrected chi connectivity index (χ4v) is 4.84. The zero-order valence-electron chi connectivity index (χ0n) is 13.6. The van der Waals surface area contributed by atoms with Crippen molar-refractivity contribution in [2.45, 2.75) is 38.6 Å². The van der Waals surface area contributed by atoms with Crippen molar-refractivity contribution >= 4 is 36.7 Å². The normalized spacial score (nSPS) is 21.9. The third-order valence-corrected chi connectivity index (χ3v) is 6.89. The number of rotatable bonds is 6. The Morgan fingerprint density at radius 3 is 2.75 bits per heavy atom. The SMILES string of the molecule is CCS(=O)(=O)NC1CCC(CNc2nc3ccc(F)cc3s2)CC1. The molecule has 1 fully saturated rings. The van der Waals surface area contributed by atoms with Gasteiger partial charge < -0.3 is 5.32 Å². The second kappa shape index (κ2) is 7.33. The molecular weight excluding hydrogens is 349 g/mol. The largest absolute Gasteiger partial charge is 0.361 e. The van der Waals surface area contributed by atoms with Gasteiger partial charge in [-0.3, -0.25) is 0 Å². The summed E-state index contributed by atoms with van der Waals surface area (Å²) in [4.78, 5) is 4.46. The summed E-state index contributed by atoms with van der Waals surface area (Å²) in [6.07, 6.45) is 3.72. The lowest BCUT2D eigenvalue weighted by molar-refractivity contribution is 0.324. The van der Waals surface area contributed by atoms with Crippen LogP contribution in [0, 0.1) is 11.7 Å². The van der Waals surface area contributed by atoms with Gasteiger partial charge in [0.05, 0.1) is 16.0 Å². The van der Waals surface area contributed by atoms with E-state index in [1.807, 2.05) is 0 Å². The molecule has 0 atom stereocenters. The maximum Gasteiger partial charge on any atom is 0.211 e. The number of benzene rings is 1. The van der Waals surface area contributed by atoms with Crippen LogP contribution in [0.5, 0.6) is 0 Å². The maximum atomic E-state index is 13.2. The summed E-state index contributed by atoms with van der Waals surface area (Å²) >= 11 is 1.46. The molecule has 1 aromatic carbocycles. The smallest absolute Gasteiger partial charge is 0.211 e. The van der Waals surface area contributed by atoms with E-state index < -0.39 is 10.0 Å². The monoisotopic (exact) mass is 371 g/mol. The first-order valence-corrected chi connectivity index (χ1v) is 10.7. The number of aromatic nitrogens is 1. The number of sulfonamides is 1. The zero-order valence-corrected chi connectivity index (χ0v) is 15.2. The predicted octanol–water partition coefficient (Wildman–Crippen LogP) is 3.35. The van der Waals surface area contributed by atoms with Gasteiger partial charge in [0.1, 0.15) is 5.82 Å². The van der Waals surface area contributed by atoms with Crippen LogP contribution in [0.3, 0.4) is 0 Å². The van der Waals surface area contributed by atoms with Crippen molar-refractivity contribution in [2.75, 3.05) is 17.6 Å². The van der Waals surface area contributed by atoms with E-state index in [1.165, 1.54) is 23.5 Å². The first-order valence-electron chi connectivity index (χ1n) is 8.25. The van der Waals surface area contributed by atoms with Crippen LogP contribution in [0.25, 0.3) is 10.2 Å². The van der Waals surface area contributed by atoms with Crippen LogP contribution in [0.2, 0.25) is 0 Å². The average Bonchev–Trinajstić information content (AvgIpc) is 2.96. The Labute approximate surface area is 145 Å². The average molecular weight is 372 g/mol. The molecule has 1 aromatic heterocycles. The van der Waals surface area contributed by atoms with Crippen LogP contribution in [0.1, 0.15) is 32.6 Å². The number of fused-ring (bicyclic) bond motifs is 1. The van der Waals surface area contributed by atoms with Crippen molar-refractivity contribution in [3.63, 3.8) is 0 Å². The van der Waals surface area contributed by atoms with E-state index in [0.29, 0.717) is 5.92 Å². The minimum atomic E-state index is -3.11. The Hall–Kier alpha value is -1.25. The molecule has 1 aliphatic rings. The minimum absolute atomic E-state index is 0.0663. The summed E-state index contributed by atoms with van der Waals surface area (Å²) in [5, 5.41) is 4.15. The van der Waals surface area contributed by atoms with Crippen molar-refractivity contribution in [3.8, 4) is 0 Å². The molecule has 5 nitrogen and oxygen atoms in total. The molecule has 0 saturated heterocycles. The lowest BCUT2D eigenvalue weighted by Gasteiger charge is -2.28. The van der Waals surface area contributed by atoms with Gasteiger partial charge in [-0.1, -0.05) is 11.3 Å². The zero-order chi connectivity index (χ0) is 17.2. The van der Waals surface area contributed by atoms with Crippen LogP contribution in [0.15, 0.2) is 18.2 Å². The minimum Gasteiger partial charge on any atom is -0.361 e. The van der Waals surface area contributed by atoms with Crippen molar-refractivity contribution in [3.05, 3.63) is 24.0 Å². The predicted molar refractivity (Wildman–Crippen MR) is 96.4 cm³/mol. The fourth-order valence-electron chi connectivity index (χ4n) is 3.03. The molecular formula is C16H22FN3O2S2. The Morgan fingerprint density at radius 2 is 2.04 bits per heavy atom. The van der Waals surface area contributed by atoms with Gasteiger partial charge in [-0.2, -0.15) is 0 Å². The van der Waals surface area contributed by atoms with Crippen LogP contribution in [-0.4, -0.2) is 31.7 Å². The van der Waals surface area contributed by atoms with Gasteiger partial charge in [-0.25, -0.2) is 22.5 Å². The fraction of sp³-hybridized carbons (Fsp3) is 0.562. The van der Waals surface area contributed by atoms with Gasteiger partial charge in [0, 0.05) is 12.6 Å². The third-order valence-electron chi connectivity index (χ3n) is 4.47. The molecule has 1 aliphatic carbocycles. The molecule has 2 N–H and O–H groups in total. The van der Waals surface area contributed by atoms with Crippen LogP contribution in [-0.2, 0) is 10.0 Å². The molecule has 0 bridgehead atoms. The van der Waals surface area contributed by atoms with E-state index in [2.05, 4.69) is 15.0 Å². The maximum absolute atomic E-state index is 13.2. The number of nitrogens with one attached hydrogen (secondary N) is 2. The highest BCUT2D eigenvalue weighted by molar-refractivity contribution is 7.89. The summed E-state index contributed by atoms with van der Waals surface area (Å²) in [5.41, 5.74) is 0.807. The Kier molecular flexibility index (Phi) is 5.36. The molecule has 1 saturated carbocycles. The van der Waals surface area contributed by atoms with Crippen LogP contribution < -0.4 is 10.0 Å². The molecule has 0 spiro atoms. The van der Waals surface area contributed by atoms with E-state index >= 15 is 0 Å². The van der Waals surface area contributed by atoms with Crippen molar-refractivity contribution in [1.82, 2.24) is 9.71 Å². The van der Waals surface area contributed by atoms with Crippen molar-refractivity contribution in [1.29, 1.82) is 0 Å². The number of hydrogen-bond acceptors (Lipinski definition) is 5. The lowest BCUT2D eigenvalue weighted by atomic mass is 9.86. The summed E-state index contributed by atoms with van der Waals surface area (Å²) in [5.74, 6) is 0.397. The molecule has 3 rings (SSSR count). The van der Waals surface area contributed by atoms with Crippen molar-refractivity contribution < 1.29 is 12.8 Å². The van der Waals surface area contributed by atoms with Gasteiger partial charge >= 0.3 is 0 Å². The number of thiazole rings is 1. The highest BCUT2D eigenvalue weighted by Gasteiger charge is 2.24. The van der Waals surface area contributed by atoms with Gasteiger partial charge in [0.25, 0.3) is 0 Å². The van der Waals surface area contributed by atoms with Crippen LogP contribution in [0.4, 0.5) is 9.52 Å². The van der Waals surface area contributed by atoms with Gasteiger partial charge in [0.2, 0.25) is 10.0 Å². The molecule has 8 heteroatoms. The first-order chi connectivity index (χ1) is 11.4. The summed E-state index contributed by atoms with van der Waals surface area (Å²) in [7, 11) is -3.11. The van der Waals surface area contributed by atoms with E-state index in [4.69, 9.17) is 0 Å². The third kappa shape index (κ3) is 4.43. The second-order valence-corrected chi connectivity index (χ2v) is 9.32. The number of halogens is 1. The molecule has 24 heavy (non-hydrogen) atoms. The molecule has 0 aliphatic heterocycles.